The summed E-state index contributed by atoms with van der Waals surface area (Å²) in [5, 5.41) is 36.6. The van der Waals surface area contributed by atoms with Gasteiger partial charge in [-0.05, 0) is 69.9 Å². The zero-order valence-electron chi connectivity index (χ0n) is 17.5. The van der Waals surface area contributed by atoms with E-state index in [9.17, 15) is 15.3 Å². The standard InChI is InChI=1S/C23H28N4O3/c1-24-8-6-13-12-26-21-16(10-18(28)23(30)20(13)21)15-4-5-17-19(22(15)29)14(11-25-17)7-9-27(2)3/h4-5,10-12,24-26,28-30H,6-9H2,1-3H3. The minimum Gasteiger partial charge on any atom is -0.507 e. The number of H-pyrrole nitrogens is 2. The summed E-state index contributed by atoms with van der Waals surface area (Å²) in [6.07, 6.45) is 5.28. The summed E-state index contributed by atoms with van der Waals surface area (Å²) in [5.74, 6) is -0.181. The smallest absolute Gasteiger partial charge is 0.167 e. The molecule has 2 aromatic carbocycles. The Labute approximate surface area is 175 Å². The lowest BCUT2D eigenvalue weighted by Crippen LogP contribution is -2.14. The number of rotatable bonds is 7. The van der Waals surface area contributed by atoms with E-state index in [4.69, 9.17) is 0 Å². The predicted molar refractivity (Wildman–Crippen MR) is 120 cm³/mol. The third kappa shape index (κ3) is 3.36. The van der Waals surface area contributed by atoms with Crippen molar-refractivity contribution in [1.29, 1.82) is 0 Å². The van der Waals surface area contributed by atoms with Crippen molar-refractivity contribution in [3.05, 3.63) is 41.7 Å². The van der Waals surface area contributed by atoms with E-state index in [1.807, 2.05) is 45.7 Å². The van der Waals surface area contributed by atoms with Gasteiger partial charge in [0.25, 0.3) is 0 Å². The summed E-state index contributed by atoms with van der Waals surface area (Å²) in [5.41, 5.74) is 4.76. The SMILES string of the molecule is CNCCc1c[nH]c2c(-c3ccc4[nH]cc(CCN(C)C)c4c3O)cc(O)c(O)c12. The van der Waals surface area contributed by atoms with Crippen LogP contribution >= 0.6 is 0 Å². The second kappa shape index (κ2) is 7.93. The molecule has 0 amide bonds. The first kappa shape index (κ1) is 20.1. The molecular weight excluding hydrogens is 380 g/mol. The first-order chi connectivity index (χ1) is 14.4. The first-order valence-corrected chi connectivity index (χ1v) is 10.1. The van der Waals surface area contributed by atoms with Gasteiger partial charge in [0.1, 0.15) is 5.75 Å². The maximum atomic E-state index is 11.2. The highest BCUT2D eigenvalue weighted by molar-refractivity contribution is 6.05. The van der Waals surface area contributed by atoms with E-state index < -0.39 is 0 Å². The van der Waals surface area contributed by atoms with E-state index in [2.05, 4.69) is 20.2 Å². The van der Waals surface area contributed by atoms with Crippen LogP contribution in [0.4, 0.5) is 0 Å². The fourth-order valence-corrected chi connectivity index (χ4v) is 4.05. The van der Waals surface area contributed by atoms with Crippen molar-refractivity contribution in [3.8, 4) is 28.4 Å². The average molecular weight is 409 g/mol. The molecular formula is C23H28N4O3. The summed E-state index contributed by atoms with van der Waals surface area (Å²) >= 11 is 0. The number of aromatic hydroxyl groups is 3. The van der Waals surface area contributed by atoms with Crippen LogP contribution in [0.2, 0.25) is 0 Å². The van der Waals surface area contributed by atoms with Crippen LogP contribution in [-0.2, 0) is 12.8 Å². The third-order valence-corrected chi connectivity index (χ3v) is 5.66. The van der Waals surface area contributed by atoms with Crippen LogP contribution in [0, 0.1) is 0 Å². The lowest BCUT2D eigenvalue weighted by atomic mass is 9.96. The van der Waals surface area contributed by atoms with Crippen molar-refractivity contribution in [3.63, 3.8) is 0 Å². The molecule has 158 valence electrons. The number of hydrogen-bond acceptors (Lipinski definition) is 5. The van der Waals surface area contributed by atoms with Crippen LogP contribution in [0.5, 0.6) is 17.2 Å². The van der Waals surface area contributed by atoms with E-state index in [-0.39, 0.29) is 17.2 Å². The first-order valence-electron chi connectivity index (χ1n) is 10.1. The van der Waals surface area contributed by atoms with Gasteiger partial charge < -0.3 is 35.5 Å². The molecule has 6 N–H and O–H groups in total. The Morgan fingerprint density at radius 2 is 1.63 bits per heavy atom. The van der Waals surface area contributed by atoms with Gasteiger partial charge in [-0.15, -0.1) is 0 Å². The van der Waals surface area contributed by atoms with Crippen molar-refractivity contribution in [2.75, 3.05) is 34.2 Å². The topological polar surface area (TPSA) is 108 Å². The molecule has 0 atom stereocenters. The van der Waals surface area contributed by atoms with Gasteiger partial charge in [0.05, 0.1) is 5.52 Å². The highest BCUT2D eigenvalue weighted by Crippen LogP contribution is 2.46. The molecule has 0 aliphatic carbocycles. The number of hydrogen-bond donors (Lipinski definition) is 6. The second-order valence-corrected chi connectivity index (χ2v) is 7.96. The van der Waals surface area contributed by atoms with Crippen LogP contribution in [0.25, 0.3) is 32.9 Å². The summed E-state index contributed by atoms with van der Waals surface area (Å²) in [4.78, 5) is 8.57. The molecule has 0 aliphatic rings. The van der Waals surface area contributed by atoms with Gasteiger partial charge in [0.15, 0.2) is 11.5 Å². The maximum Gasteiger partial charge on any atom is 0.167 e. The normalized spacial score (nSPS) is 11.9. The molecule has 2 heterocycles. The molecule has 7 heteroatoms. The monoisotopic (exact) mass is 408 g/mol. The third-order valence-electron chi connectivity index (χ3n) is 5.66. The fraction of sp³-hybridized carbons (Fsp3) is 0.304. The molecule has 7 nitrogen and oxygen atoms in total. The summed E-state index contributed by atoms with van der Waals surface area (Å²) in [6.45, 7) is 1.61. The molecule has 0 radical (unpaired) electrons. The van der Waals surface area contributed by atoms with Crippen molar-refractivity contribution in [2.24, 2.45) is 0 Å². The Morgan fingerprint density at radius 3 is 2.37 bits per heavy atom. The predicted octanol–water partition coefficient (Wildman–Crippen LogP) is 3.30. The molecule has 4 rings (SSSR count). The van der Waals surface area contributed by atoms with E-state index >= 15 is 0 Å². The van der Waals surface area contributed by atoms with Gasteiger partial charge in [0.2, 0.25) is 0 Å². The molecule has 2 aromatic heterocycles. The van der Waals surface area contributed by atoms with Crippen LogP contribution in [0.1, 0.15) is 11.1 Å². The van der Waals surface area contributed by atoms with Crippen LogP contribution < -0.4 is 5.32 Å². The van der Waals surface area contributed by atoms with Crippen LogP contribution in [0.15, 0.2) is 30.6 Å². The molecule has 0 saturated carbocycles. The van der Waals surface area contributed by atoms with Crippen LogP contribution in [0.3, 0.4) is 0 Å². The molecule has 0 aliphatic heterocycles. The van der Waals surface area contributed by atoms with Gasteiger partial charge in [-0.25, -0.2) is 0 Å². The fourth-order valence-electron chi connectivity index (χ4n) is 4.05. The largest absolute Gasteiger partial charge is 0.507 e. The minimum absolute atomic E-state index is 0.144. The molecule has 0 saturated heterocycles. The van der Waals surface area contributed by atoms with E-state index in [1.54, 1.807) is 0 Å². The second-order valence-electron chi connectivity index (χ2n) is 7.96. The molecule has 0 unspecified atom stereocenters. The Kier molecular flexibility index (Phi) is 5.32. The molecule has 4 aromatic rings. The lowest BCUT2D eigenvalue weighted by molar-refractivity contribution is 0.408. The highest BCUT2D eigenvalue weighted by atomic mass is 16.3. The number of nitrogens with one attached hydrogen (secondary N) is 3. The summed E-state index contributed by atoms with van der Waals surface area (Å²) < 4.78 is 0. The minimum atomic E-state index is -0.204. The summed E-state index contributed by atoms with van der Waals surface area (Å²) in [7, 11) is 5.91. The van der Waals surface area contributed by atoms with Gasteiger partial charge in [0, 0.05) is 46.4 Å². The number of benzene rings is 2. The Morgan fingerprint density at radius 1 is 0.900 bits per heavy atom. The number of aromatic nitrogens is 2. The maximum absolute atomic E-state index is 11.2. The van der Waals surface area contributed by atoms with Gasteiger partial charge in [-0.2, -0.15) is 0 Å². The van der Waals surface area contributed by atoms with E-state index in [0.717, 1.165) is 41.5 Å². The number of aromatic amines is 2. The Hall–Kier alpha value is -3.16. The average Bonchev–Trinajstić information content (AvgIpc) is 3.33. The lowest BCUT2D eigenvalue weighted by Gasteiger charge is -2.12. The zero-order valence-corrected chi connectivity index (χ0v) is 17.5. The Bertz CT molecular complexity index is 1210. The molecule has 0 spiro atoms. The van der Waals surface area contributed by atoms with Gasteiger partial charge in [-0.1, -0.05) is 0 Å². The summed E-state index contributed by atoms with van der Waals surface area (Å²) in [6, 6.07) is 5.27. The van der Waals surface area contributed by atoms with Crippen LogP contribution in [-0.4, -0.2) is 64.4 Å². The molecule has 0 fully saturated rings. The Balaban J connectivity index is 1.90. The number of likely N-dealkylation sites (N-methyl/N-ethyl adjacent to an activating group) is 2. The quantitative estimate of drug-likeness (QED) is 0.263. The number of fused-ring (bicyclic) bond motifs is 2. The number of phenolic OH excluding ortho intramolecular Hbond substituents is 3. The van der Waals surface area contributed by atoms with Crippen molar-refractivity contribution < 1.29 is 15.3 Å². The van der Waals surface area contributed by atoms with Crippen molar-refractivity contribution >= 4 is 21.8 Å². The highest BCUT2D eigenvalue weighted by Gasteiger charge is 2.21. The molecule has 30 heavy (non-hydrogen) atoms. The molecule has 0 bridgehead atoms. The van der Waals surface area contributed by atoms with Crippen molar-refractivity contribution in [2.45, 2.75) is 12.8 Å². The number of phenols is 3. The van der Waals surface area contributed by atoms with Gasteiger partial charge in [-0.3, -0.25) is 0 Å². The van der Waals surface area contributed by atoms with Crippen molar-refractivity contribution in [1.82, 2.24) is 20.2 Å². The van der Waals surface area contributed by atoms with E-state index in [0.29, 0.717) is 28.5 Å². The number of nitrogens with zero attached hydrogens (tertiary/aromatic N) is 1. The van der Waals surface area contributed by atoms with Gasteiger partial charge >= 0.3 is 0 Å². The van der Waals surface area contributed by atoms with E-state index in [1.165, 1.54) is 6.07 Å². The zero-order chi connectivity index (χ0) is 21.4.